The number of likely N-dealkylation sites (N-methyl/N-ethyl adjacent to an activating group) is 1. The van der Waals surface area contributed by atoms with Crippen molar-refractivity contribution in [1.29, 1.82) is 0 Å². The van der Waals surface area contributed by atoms with Crippen molar-refractivity contribution >= 4 is 18.3 Å². The molecule has 0 aromatic heterocycles. The Morgan fingerprint density at radius 3 is 2.35 bits per heavy atom. The Bertz CT molecular complexity index is 261. The fourth-order valence-electron chi connectivity index (χ4n) is 2.76. The fourth-order valence-corrected chi connectivity index (χ4v) is 2.76. The second-order valence-electron chi connectivity index (χ2n) is 5.12. The van der Waals surface area contributed by atoms with E-state index in [4.69, 9.17) is 10.5 Å². The van der Waals surface area contributed by atoms with Crippen LogP contribution in [0.1, 0.15) is 38.5 Å². The highest BCUT2D eigenvalue weighted by Gasteiger charge is 2.39. The highest BCUT2D eigenvalue weighted by molar-refractivity contribution is 5.86. The van der Waals surface area contributed by atoms with Crippen molar-refractivity contribution in [3.63, 3.8) is 0 Å². The van der Waals surface area contributed by atoms with Gasteiger partial charge in [-0.05, 0) is 25.7 Å². The van der Waals surface area contributed by atoms with Crippen LogP contribution in [0, 0.1) is 0 Å². The lowest BCUT2D eigenvalue weighted by Crippen LogP contribution is -2.58. The van der Waals surface area contributed by atoms with Gasteiger partial charge in [0.15, 0.2) is 0 Å². The molecule has 1 aliphatic heterocycles. The van der Waals surface area contributed by atoms with Crippen molar-refractivity contribution in [2.75, 3.05) is 20.3 Å². The largest absolute Gasteiger partial charge is 0.381 e. The Kier molecular flexibility index (Phi) is 5.22. The highest BCUT2D eigenvalue weighted by atomic mass is 35.5. The lowest BCUT2D eigenvalue weighted by atomic mass is 9.89. The third-order valence-electron chi connectivity index (χ3n) is 4.00. The van der Waals surface area contributed by atoms with Gasteiger partial charge in [0.2, 0.25) is 5.91 Å². The number of nitrogens with zero attached hydrogens (tertiary/aromatic N) is 1. The number of ether oxygens (including phenoxy) is 1. The van der Waals surface area contributed by atoms with E-state index in [1.807, 2.05) is 11.9 Å². The van der Waals surface area contributed by atoms with Gasteiger partial charge in [0.25, 0.3) is 0 Å². The van der Waals surface area contributed by atoms with Gasteiger partial charge in [0, 0.05) is 26.3 Å². The molecule has 0 atom stereocenters. The van der Waals surface area contributed by atoms with E-state index in [0.29, 0.717) is 32.1 Å². The molecule has 0 aromatic rings. The maximum Gasteiger partial charge on any atom is 0.242 e. The first-order valence-corrected chi connectivity index (χ1v) is 6.27. The molecular formula is C12H23ClN2O2. The Balaban J connectivity index is 0.00000144. The summed E-state index contributed by atoms with van der Waals surface area (Å²) in [6, 6.07) is 0.413. The zero-order valence-corrected chi connectivity index (χ0v) is 11.3. The molecule has 100 valence electrons. The molecule has 17 heavy (non-hydrogen) atoms. The summed E-state index contributed by atoms with van der Waals surface area (Å²) < 4.78 is 5.27. The standard InChI is InChI=1S/C12H22N2O2.ClH/c1-14(10-4-2-3-5-10)11(15)12(13)6-8-16-9-7-12;/h10H,2-9,13H2,1H3;1H. The molecule has 1 amide bonds. The molecule has 2 fully saturated rings. The second kappa shape index (κ2) is 6.03. The summed E-state index contributed by atoms with van der Waals surface area (Å²) in [5.41, 5.74) is 5.53. The van der Waals surface area contributed by atoms with Gasteiger partial charge in [-0.25, -0.2) is 0 Å². The zero-order valence-electron chi connectivity index (χ0n) is 10.5. The first-order valence-electron chi connectivity index (χ1n) is 6.27. The van der Waals surface area contributed by atoms with Crippen LogP contribution >= 0.6 is 12.4 Å². The summed E-state index contributed by atoms with van der Waals surface area (Å²) in [7, 11) is 1.91. The zero-order chi connectivity index (χ0) is 11.6. The van der Waals surface area contributed by atoms with E-state index >= 15 is 0 Å². The van der Waals surface area contributed by atoms with Crippen LogP contribution in [0.2, 0.25) is 0 Å². The van der Waals surface area contributed by atoms with E-state index in [-0.39, 0.29) is 18.3 Å². The predicted molar refractivity (Wildman–Crippen MR) is 69.2 cm³/mol. The number of nitrogens with two attached hydrogens (primary N) is 1. The number of rotatable bonds is 2. The van der Waals surface area contributed by atoms with Gasteiger partial charge >= 0.3 is 0 Å². The first kappa shape index (κ1) is 14.7. The number of carbonyl (C=O) groups excluding carboxylic acids is 1. The van der Waals surface area contributed by atoms with Crippen molar-refractivity contribution in [2.45, 2.75) is 50.1 Å². The van der Waals surface area contributed by atoms with Gasteiger partial charge in [-0.1, -0.05) is 12.8 Å². The van der Waals surface area contributed by atoms with Crippen LogP contribution in [-0.2, 0) is 9.53 Å². The average Bonchev–Trinajstić information content (AvgIpc) is 2.81. The quantitative estimate of drug-likeness (QED) is 0.817. The maximum absolute atomic E-state index is 12.4. The van der Waals surface area contributed by atoms with Crippen molar-refractivity contribution in [2.24, 2.45) is 5.73 Å². The van der Waals surface area contributed by atoms with Gasteiger partial charge in [-0.15, -0.1) is 12.4 Å². The lowest BCUT2D eigenvalue weighted by molar-refractivity contribution is -0.141. The van der Waals surface area contributed by atoms with Crippen molar-refractivity contribution in [3.8, 4) is 0 Å². The van der Waals surface area contributed by atoms with Crippen LogP contribution < -0.4 is 5.73 Å². The van der Waals surface area contributed by atoms with Crippen LogP contribution in [0.5, 0.6) is 0 Å². The summed E-state index contributed by atoms with van der Waals surface area (Å²) in [5, 5.41) is 0. The minimum atomic E-state index is -0.671. The van der Waals surface area contributed by atoms with Gasteiger partial charge in [0.05, 0.1) is 5.54 Å². The van der Waals surface area contributed by atoms with Gasteiger partial charge in [-0.3, -0.25) is 4.79 Å². The Labute approximate surface area is 109 Å². The van der Waals surface area contributed by atoms with Crippen molar-refractivity contribution < 1.29 is 9.53 Å². The van der Waals surface area contributed by atoms with Crippen LogP contribution in [0.15, 0.2) is 0 Å². The summed E-state index contributed by atoms with van der Waals surface area (Å²) in [4.78, 5) is 14.2. The predicted octanol–water partition coefficient (Wildman–Crippen LogP) is 1.32. The molecule has 1 saturated heterocycles. The third-order valence-corrected chi connectivity index (χ3v) is 4.00. The summed E-state index contributed by atoms with van der Waals surface area (Å²) in [5.74, 6) is 0.114. The number of carbonyl (C=O) groups is 1. The van der Waals surface area contributed by atoms with Crippen LogP contribution in [-0.4, -0.2) is 42.6 Å². The summed E-state index contributed by atoms with van der Waals surface area (Å²) in [6.07, 6.45) is 6.06. The fraction of sp³-hybridized carbons (Fsp3) is 0.917. The van der Waals surface area contributed by atoms with E-state index in [1.54, 1.807) is 0 Å². The number of amides is 1. The molecule has 0 radical (unpaired) electrons. The minimum Gasteiger partial charge on any atom is -0.381 e. The number of hydrogen-bond donors (Lipinski definition) is 1. The molecule has 2 aliphatic rings. The number of hydrogen-bond acceptors (Lipinski definition) is 3. The highest BCUT2D eigenvalue weighted by Crippen LogP contribution is 2.26. The smallest absolute Gasteiger partial charge is 0.242 e. The Hall–Kier alpha value is -0.320. The van der Waals surface area contributed by atoms with E-state index in [2.05, 4.69) is 0 Å². The minimum absolute atomic E-state index is 0. The third kappa shape index (κ3) is 3.12. The normalized spacial score (nSPS) is 24.1. The first-order chi connectivity index (χ1) is 7.63. The molecule has 0 spiro atoms. The molecule has 0 aromatic carbocycles. The molecule has 1 saturated carbocycles. The molecule has 2 N–H and O–H groups in total. The summed E-state index contributed by atoms with van der Waals surface area (Å²) in [6.45, 7) is 1.22. The van der Waals surface area contributed by atoms with Crippen LogP contribution in [0.3, 0.4) is 0 Å². The molecule has 5 heteroatoms. The van der Waals surface area contributed by atoms with Crippen molar-refractivity contribution in [1.82, 2.24) is 4.90 Å². The van der Waals surface area contributed by atoms with Crippen LogP contribution in [0.25, 0.3) is 0 Å². The van der Waals surface area contributed by atoms with E-state index in [1.165, 1.54) is 12.8 Å². The average molecular weight is 263 g/mol. The molecule has 0 bridgehead atoms. The van der Waals surface area contributed by atoms with E-state index < -0.39 is 5.54 Å². The van der Waals surface area contributed by atoms with E-state index in [0.717, 1.165) is 12.8 Å². The summed E-state index contributed by atoms with van der Waals surface area (Å²) >= 11 is 0. The molecule has 1 heterocycles. The molecule has 0 unspecified atom stereocenters. The topological polar surface area (TPSA) is 55.6 Å². The Morgan fingerprint density at radius 2 is 1.82 bits per heavy atom. The SMILES string of the molecule is CN(C(=O)C1(N)CCOCC1)C1CCCC1.Cl. The van der Waals surface area contributed by atoms with E-state index in [9.17, 15) is 4.79 Å². The molecule has 1 aliphatic carbocycles. The molecular weight excluding hydrogens is 240 g/mol. The van der Waals surface area contributed by atoms with Gasteiger partial charge in [-0.2, -0.15) is 0 Å². The van der Waals surface area contributed by atoms with Crippen LogP contribution in [0.4, 0.5) is 0 Å². The monoisotopic (exact) mass is 262 g/mol. The van der Waals surface area contributed by atoms with Crippen molar-refractivity contribution in [3.05, 3.63) is 0 Å². The Morgan fingerprint density at radius 1 is 1.29 bits per heavy atom. The second-order valence-corrected chi connectivity index (χ2v) is 5.12. The molecule has 4 nitrogen and oxygen atoms in total. The van der Waals surface area contributed by atoms with Gasteiger partial charge < -0.3 is 15.4 Å². The van der Waals surface area contributed by atoms with Gasteiger partial charge in [0.1, 0.15) is 0 Å². The molecule has 2 rings (SSSR count). The number of halogens is 1. The lowest BCUT2D eigenvalue weighted by Gasteiger charge is -2.37. The maximum atomic E-state index is 12.4.